The van der Waals surface area contributed by atoms with E-state index in [1.165, 1.54) is 5.69 Å². The molecule has 1 atom stereocenters. The molecule has 3 heteroatoms. The molecule has 0 aliphatic heterocycles. The van der Waals surface area contributed by atoms with Crippen molar-refractivity contribution in [2.45, 2.75) is 32.7 Å². The quantitative estimate of drug-likeness (QED) is 0.721. The van der Waals surface area contributed by atoms with Gasteiger partial charge in [-0.1, -0.05) is 13.0 Å². The third kappa shape index (κ3) is 3.51. The first-order valence-corrected chi connectivity index (χ1v) is 5.51. The number of rotatable bonds is 6. The van der Waals surface area contributed by atoms with Crippen LogP contribution in [0.4, 0.5) is 0 Å². The number of aryl methyl sites for hydroxylation is 2. The second-order valence-electron chi connectivity index (χ2n) is 3.88. The lowest BCUT2D eigenvalue weighted by molar-refractivity contribution is 0.512. The fraction of sp³-hybridized carbons (Fsp3) is 0.583. The first-order chi connectivity index (χ1) is 7.17. The van der Waals surface area contributed by atoms with E-state index in [0.29, 0.717) is 6.04 Å². The standard InChI is InChI=1S/C12H21N3/c1-5-7-11(13-6-2)9-12-8-10(3)14-15(12)4/h5,8,11,13H,1,6-7,9H2,2-4H3. The van der Waals surface area contributed by atoms with Gasteiger partial charge in [0, 0.05) is 25.2 Å². The van der Waals surface area contributed by atoms with E-state index >= 15 is 0 Å². The molecule has 0 saturated heterocycles. The lowest BCUT2D eigenvalue weighted by Gasteiger charge is -2.15. The minimum absolute atomic E-state index is 0.474. The van der Waals surface area contributed by atoms with Crippen LogP contribution in [0, 0.1) is 6.92 Å². The van der Waals surface area contributed by atoms with Crippen molar-refractivity contribution >= 4 is 0 Å². The van der Waals surface area contributed by atoms with Gasteiger partial charge in [-0.25, -0.2) is 0 Å². The van der Waals surface area contributed by atoms with Crippen molar-refractivity contribution in [1.82, 2.24) is 15.1 Å². The van der Waals surface area contributed by atoms with Crippen LogP contribution in [0.25, 0.3) is 0 Å². The Morgan fingerprint density at radius 2 is 2.40 bits per heavy atom. The second-order valence-corrected chi connectivity index (χ2v) is 3.88. The molecule has 1 unspecified atom stereocenters. The molecule has 1 aromatic rings. The molecule has 1 aromatic heterocycles. The monoisotopic (exact) mass is 207 g/mol. The minimum Gasteiger partial charge on any atom is -0.314 e. The maximum Gasteiger partial charge on any atom is 0.0596 e. The Morgan fingerprint density at radius 3 is 2.87 bits per heavy atom. The predicted molar refractivity (Wildman–Crippen MR) is 63.9 cm³/mol. The lowest BCUT2D eigenvalue weighted by Crippen LogP contribution is -2.31. The van der Waals surface area contributed by atoms with E-state index in [-0.39, 0.29) is 0 Å². The zero-order valence-corrected chi connectivity index (χ0v) is 9.95. The highest BCUT2D eigenvalue weighted by Crippen LogP contribution is 2.07. The van der Waals surface area contributed by atoms with Gasteiger partial charge in [0.05, 0.1) is 5.69 Å². The van der Waals surface area contributed by atoms with Crippen LogP contribution in [0.1, 0.15) is 24.7 Å². The molecule has 84 valence electrons. The molecular weight excluding hydrogens is 186 g/mol. The summed E-state index contributed by atoms with van der Waals surface area (Å²) in [6.45, 7) is 8.94. The van der Waals surface area contributed by atoms with Gasteiger partial charge in [-0.2, -0.15) is 5.10 Å². The fourth-order valence-electron chi connectivity index (χ4n) is 1.84. The van der Waals surface area contributed by atoms with E-state index in [9.17, 15) is 0 Å². The van der Waals surface area contributed by atoms with Gasteiger partial charge in [0.15, 0.2) is 0 Å². The van der Waals surface area contributed by atoms with Crippen molar-refractivity contribution in [3.63, 3.8) is 0 Å². The summed E-state index contributed by atoms with van der Waals surface area (Å²) in [5, 5.41) is 7.80. The third-order valence-electron chi connectivity index (χ3n) is 2.50. The van der Waals surface area contributed by atoms with Crippen LogP contribution in [0.2, 0.25) is 0 Å². The Labute approximate surface area is 92.2 Å². The van der Waals surface area contributed by atoms with Crippen LogP contribution < -0.4 is 5.32 Å². The molecule has 0 spiro atoms. The normalized spacial score (nSPS) is 12.7. The molecule has 0 aliphatic rings. The van der Waals surface area contributed by atoms with Crippen LogP contribution in [-0.4, -0.2) is 22.4 Å². The van der Waals surface area contributed by atoms with Crippen molar-refractivity contribution in [1.29, 1.82) is 0 Å². The summed E-state index contributed by atoms with van der Waals surface area (Å²) in [6, 6.07) is 2.62. The van der Waals surface area contributed by atoms with Crippen molar-refractivity contribution < 1.29 is 0 Å². The number of likely N-dealkylation sites (N-methyl/N-ethyl adjacent to an activating group) is 1. The average molecular weight is 207 g/mol. The zero-order chi connectivity index (χ0) is 11.3. The van der Waals surface area contributed by atoms with Crippen LogP contribution in [0.3, 0.4) is 0 Å². The number of nitrogens with one attached hydrogen (secondary N) is 1. The SMILES string of the molecule is C=CCC(Cc1cc(C)nn1C)NCC. The first-order valence-electron chi connectivity index (χ1n) is 5.51. The molecule has 0 amide bonds. The Hall–Kier alpha value is -1.09. The molecule has 0 fully saturated rings. The van der Waals surface area contributed by atoms with Gasteiger partial charge in [0.2, 0.25) is 0 Å². The van der Waals surface area contributed by atoms with Gasteiger partial charge in [0.25, 0.3) is 0 Å². The maximum absolute atomic E-state index is 4.35. The second kappa shape index (κ2) is 5.71. The highest BCUT2D eigenvalue weighted by atomic mass is 15.3. The van der Waals surface area contributed by atoms with E-state index in [1.807, 2.05) is 24.7 Å². The van der Waals surface area contributed by atoms with E-state index in [4.69, 9.17) is 0 Å². The Balaban J connectivity index is 2.64. The Kier molecular flexibility index (Phi) is 4.56. The first kappa shape index (κ1) is 12.0. The van der Waals surface area contributed by atoms with Crippen LogP contribution >= 0.6 is 0 Å². The molecule has 15 heavy (non-hydrogen) atoms. The van der Waals surface area contributed by atoms with Crippen molar-refractivity contribution in [2.24, 2.45) is 7.05 Å². The lowest BCUT2D eigenvalue weighted by atomic mass is 10.1. The smallest absolute Gasteiger partial charge is 0.0596 e. The summed E-state index contributed by atoms with van der Waals surface area (Å²) in [5.41, 5.74) is 2.36. The molecule has 0 aliphatic carbocycles. The summed E-state index contributed by atoms with van der Waals surface area (Å²) in [4.78, 5) is 0. The summed E-state index contributed by atoms with van der Waals surface area (Å²) < 4.78 is 1.96. The summed E-state index contributed by atoms with van der Waals surface area (Å²) in [7, 11) is 2.00. The van der Waals surface area contributed by atoms with Gasteiger partial charge in [0.1, 0.15) is 0 Å². The molecule has 1 heterocycles. The van der Waals surface area contributed by atoms with Crippen molar-refractivity contribution in [2.75, 3.05) is 6.54 Å². The molecule has 0 aromatic carbocycles. The average Bonchev–Trinajstić information content (AvgIpc) is 2.46. The van der Waals surface area contributed by atoms with E-state index in [2.05, 4.69) is 30.0 Å². The highest BCUT2D eigenvalue weighted by Gasteiger charge is 2.09. The number of nitrogens with zero attached hydrogens (tertiary/aromatic N) is 2. The molecule has 1 rings (SSSR count). The zero-order valence-electron chi connectivity index (χ0n) is 9.95. The Morgan fingerprint density at radius 1 is 1.67 bits per heavy atom. The van der Waals surface area contributed by atoms with Crippen LogP contribution in [0.15, 0.2) is 18.7 Å². The van der Waals surface area contributed by atoms with Gasteiger partial charge >= 0.3 is 0 Å². The van der Waals surface area contributed by atoms with E-state index in [1.54, 1.807) is 0 Å². The van der Waals surface area contributed by atoms with Gasteiger partial charge in [-0.05, 0) is 26.0 Å². The number of aromatic nitrogens is 2. The third-order valence-corrected chi connectivity index (χ3v) is 2.50. The molecule has 0 bridgehead atoms. The summed E-state index contributed by atoms with van der Waals surface area (Å²) in [6.07, 6.45) is 3.98. The maximum atomic E-state index is 4.35. The minimum atomic E-state index is 0.474. The van der Waals surface area contributed by atoms with Crippen molar-refractivity contribution in [3.05, 3.63) is 30.1 Å². The summed E-state index contributed by atoms with van der Waals surface area (Å²) >= 11 is 0. The van der Waals surface area contributed by atoms with Gasteiger partial charge in [-0.15, -0.1) is 6.58 Å². The fourth-order valence-corrected chi connectivity index (χ4v) is 1.84. The molecule has 1 N–H and O–H groups in total. The predicted octanol–water partition coefficient (Wildman–Crippen LogP) is 1.83. The Bertz CT molecular complexity index is 315. The van der Waals surface area contributed by atoms with Gasteiger partial charge in [-0.3, -0.25) is 4.68 Å². The molecule has 0 saturated carbocycles. The largest absolute Gasteiger partial charge is 0.314 e. The van der Waals surface area contributed by atoms with Crippen LogP contribution in [-0.2, 0) is 13.5 Å². The summed E-state index contributed by atoms with van der Waals surface area (Å²) in [5.74, 6) is 0. The highest BCUT2D eigenvalue weighted by molar-refractivity contribution is 5.10. The molecular formula is C12H21N3. The van der Waals surface area contributed by atoms with E-state index in [0.717, 1.165) is 25.1 Å². The van der Waals surface area contributed by atoms with Gasteiger partial charge < -0.3 is 5.32 Å². The number of hydrogen-bond acceptors (Lipinski definition) is 2. The molecule has 0 radical (unpaired) electrons. The van der Waals surface area contributed by atoms with Crippen molar-refractivity contribution in [3.8, 4) is 0 Å². The topological polar surface area (TPSA) is 29.9 Å². The van der Waals surface area contributed by atoms with Crippen LogP contribution in [0.5, 0.6) is 0 Å². The number of hydrogen-bond donors (Lipinski definition) is 1. The molecule has 3 nitrogen and oxygen atoms in total. The van der Waals surface area contributed by atoms with E-state index < -0.39 is 0 Å².